The van der Waals surface area contributed by atoms with Crippen molar-refractivity contribution in [2.45, 2.75) is 0 Å². The molecule has 0 radical (unpaired) electrons. The van der Waals surface area contributed by atoms with Gasteiger partial charge in [-0.15, -0.1) is 0 Å². The zero-order chi connectivity index (χ0) is 31.2. The molecule has 1 aliphatic rings. The van der Waals surface area contributed by atoms with Crippen molar-refractivity contribution in [1.82, 2.24) is 0 Å². The normalized spacial score (nSPS) is 11.6. The van der Waals surface area contributed by atoms with E-state index in [9.17, 15) is 19.2 Å². The van der Waals surface area contributed by atoms with Gasteiger partial charge in [-0.1, -0.05) is 36.4 Å². The van der Waals surface area contributed by atoms with Crippen molar-refractivity contribution in [3.05, 3.63) is 130 Å². The van der Waals surface area contributed by atoms with Crippen molar-refractivity contribution >= 4 is 97.9 Å². The molecule has 0 unspecified atom stereocenters. The molecule has 0 fully saturated rings. The van der Waals surface area contributed by atoms with Crippen molar-refractivity contribution in [3.63, 3.8) is 0 Å². The molecule has 42 heavy (non-hydrogen) atoms. The number of ether oxygens (including phenoxy) is 1. The van der Waals surface area contributed by atoms with E-state index in [1.807, 2.05) is 0 Å². The van der Waals surface area contributed by atoms with Gasteiger partial charge in [0, 0.05) is 45.7 Å². The van der Waals surface area contributed by atoms with Crippen LogP contribution in [0.15, 0.2) is 96.8 Å². The zero-order valence-electron chi connectivity index (χ0n) is 20.8. The fraction of sp³-hybridized carbons (Fsp3) is 0. The molecule has 1 aliphatic carbocycles. The first kappa shape index (κ1) is 33.6. The molecule has 14 heteroatoms. The fourth-order valence-electron chi connectivity index (χ4n) is 3.69. The van der Waals surface area contributed by atoms with Gasteiger partial charge >= 0.3 is 10.4 Å². The van der Waals surface area contributed by atoms with Crippen molar-refractivity contribution < 1.29 is 41.4 Å². The topological polar surface area (TPSA) is 152 Å². The maximum Gasteiger partial charge on any atom is 0.394 e. The van der Waals surface area contributed by atoms with Crippen LogP contribution in [-0.2, 0) is 15.2 Å². The lowest BCUT2D eigenvalue weighted by atomic mass is 9.84. The van der Waals surface area contributed by atoms with Gasteiger partial charge in [-0.3, -0.25) is 28.3 Å². The van der Waals surface area contributed by atoms with E-state index in [-0.39, 0.29) is 23.1 Å². The number of carbonyl (C=O) groups excluding carboxylic acids is 4. The molecule has 0 aromatic heterocycles. The largest absolute Gasteiger partial charge is 0.428 e. The first-order valence-corrected chi connectivity index (χ1v) is 15.9. The second kappa shape index (κ2) is 14.6. The number of carbonyl (C=O) groups is 4. The van der Waals surface area contributed by atoms with E-state index in [4.69, 9.17) is 22.3 Å². The maximum atomic E-state index is 12.4. The van der Waals surface area contributed by atoms with E-state index in [1.165, 1.54) is 0 Å². The lowest BCUT2D eigenvalue weighted by Crippen LogP contribution is -2.20. The monoisotopic (exact) mass is 844 g/mol. The van der Waals surface area contributed by atoms with Gasteiger partial charge in [0.15, 0.2) is 17.3 Å². The quantitative estimate of drug-likeness (QED) is 0.108. The van der Waals surface area contributed by atoms with E-state index in [0.717, 1.165) is 17.9 Å². The van der Waals surface area contributed by atoms with Crippen LogP contribution in [0.2, 0.25) is 0 Å². The van der Waals surface area contributed by atoms with Crippen molar-refractivity contribution in [2.24, 2.45) is 0 Å². The van der Waals surface area contributed by atoms with Crippen LogP contribution >= 0.6 is 63.7 Å². The molecule has 0 aliphatic heterocycles. The minimum atomic E-state index is -4.67. The van der Waals surface area contributed by atoms with Crippen molar-refractivity contribution in [3.8, 4) is 5.75 Å². The summed E-state index contributed by atoms with van der Waals surface area (Å²) in [5, 5.41) is 0. The maximum absolute atomic E-state index is 12.4. The summed E-state index contributed by atoms with van der Waals surface area (Å²) in [7, 11) is -4.67. The number of ketones is 3. The van der Waals surface area contributed by atoms with Crippen molar-refractivity contribution in [2.75, 3.05) is 0 Å². The highest BCUT2D eigenvalue weighted by Gasteiger charge is 2.30. The molecule has 0 atom stereocenters. The summed E-state index contributed by atoms with van der Waals surface area (Å²) >= 11 is 13.4. The minimum Gasteiger partial charge on any atom is -0.428 e. The van der Waals surface area contributed by atoms with Crippen LogP contribution in [-0.4, -0.2) is 41.3 Å². The summed E-state index contributed by atoms with van der Waals surface area (Å²) in [6.07, 6.45) is 0. The second-order valence-electron chi connectivity index (χ2n) is 8.13. The third-order valence-corrected chi connectivity index (χ3v) is 9.18. The Morgan fingerprint density at radius 1 is 0.667 bits per heavy atom. The molecule has 0 saturated heterocycles. The third-order valence-electron chi connectivity index (χ3n) is 5.45. The predicted octanol–water partition coefficient (Wildman–Crippen LogP) is 7.31. The number of fused-ring (bicyclic) bond motifs is 2. The average Bonchev–Trinajstić information content (AvgIpc) is 2.94. The third kappa shape index (κ3) is 8.60. The van der Waals surface area contributed by atoms with E-state index >= 15 is 0 Å². The lowest BCUT2D eigenvalue weighted by Gasteiger charge is -2.17. The van der Waals surface area contributed by atoms with Gasteiger partial charge in [-0.2, -0.15) is 8.42 Å². The highest BCUT2D eigenvalue weighted by molar-refractivity contribution is 9.13. The number of halogens is 4. The molecule has 0 amide bonds. The molecular weight excluding hydrogens is 832 g/mol. The molecule has 0 heterocycles. The van der Waals surface area contributed by atoms with Crippen LogP contribution in [0.1, 0.15) is 47.8 Å². The van der Waals surface area contributed by atoms with Gasteiger partial charge in [-0.05, 0) is 106 Å². The second-order valence-corrected chi connectivity index (χ2v) is 12.4. The standard InChI is InChI=1S/C14H8Br2O3.C14H6Br2O2.H2O4S/c15-11-6-5-9(7-12(11)16)14(18)10-3-1-2-4-13(10)19-8-17;15-11-5-9-10(6-12(11)16)14(18)8-4-2-1-3-7(8)13(9)17;1-5(2,3)4/h1-8H;1-6H;(H2,1,2,3,4). The zero-order valence-corrected chi connectivity index (χ0v) is 27.9. The van der Waals surface area contributed by atoms with Gasteiger partial charge in [0.25, 0.3) is 6.47 Å². The molecule has 0 spiro atoms. The van der Waals surface area contributed by atoms with Crippen LogP contribution in [0.4, 0.5) is 0 Å². The molecule has 0 bridgehead atoms. The summed E-state index contributed by atoms with van der Waals surface area (Å²) in [5.41, 5.74) is 2.72. The molecule has 5 rings (SSSR count). The summed E-state index contributed by atoms with van der Waals surface area (Å²) in [5.74, 6) is -0.158. The Balaban J connectivity index is 0.000000199. The minimum absolute atomic E-state index is 0.103. The number of rotatable bonds is 4. The van der Waals surface area contributed by atoms with Crippen molar-refractivity contribution in [1.29, 1.82) is 0 Å². The lowest BCUT2D eigenvalue weighted by molar-refractivity contribution is -0.120. The number of para-hydroxylation sites is 1. The van der Waals surface area contributed by atoms with Crippen LogP contribution < -0.4 is 4.74 Å². The molecule has 0 saturated carbocycles. The van der Waals surface area contributed by atoms with E-state index in [2.05, 4.69) is 63.7 Å². The average molecular weight is 848 g/mol. The fourth-order valence-corrected chi connectivity index (χ4v) is 5.01. The first-order chi connectivity index (χ1) is 19.7. The Hall–Kier alpha value is -2.85. The smallest absolute Gasteiger partial charge is 0.394 e. The highest BCUT2D eigenvalue weighted by atomic mass is 79.9. The summed E-state index contributed by atoms with van der Waals surface area (Å²) in [6.45, 7) is 0.309. The highest BCUT2D eigenvalue weighted by Crippen LogP contribution is 2.33. The van der Waals surface area contributed by atoms with Crippen LogP contribution in [0.5, 0.6) is 5.75 Å². The molecule has 216 valence electrons. The van der Waals surface area contributed by atoms with Gasteiger partial charge in [-0.25, -0.2) is 0 Å². The number of hydrogen-bond donors (Lipinski definition) is 2. The Kier molecular flexibility index (Phi) is 11.7. The summed E-state index contributed by atoms with van der Waals surface area (Å²) in [4.78, 5) is 47.5. The van der Waals surface area contributed by atoms with Gasteiger partial charge in [0.2, 0.25) is 0 Å². The van der Waals surface area contributed by atoms with Crippen LogP contribution in [0.3, 0.4) is 0 Å². The molecular formula is C28H16Br4O9S. The van der Waals surface area contributed by atoms with Crippen LogP contribution in [0.25, 0.3) is 0 Å². The van der Waals surface area contributed by atoms with E-state index in [0.29, 0.717) is 39.9 Å². The molecule has 4 aromatic rings. The Labute approximate surface area is 273 Å². The summed E-state index contributed by atoms with van der Waals surface area (Å²) in [6, 6.07) is 22.1. The molecule has 4 aromatic carbocycles. The van der Waals surface area contributed by atoms with E-state index < -0.39 is 10.4 Å². The number of hydrogen-bond acceptors (Lipinski definition) is 7. The van der Waals surface area contributed by atoms with Gasteiger partial charge < -0.3 is 4.74 Å². The Morgan fingerprint density at radius 2 is 1.12 bits per heavy atom. The summed E-state index contributed by atoms with van der Waals surface area (Å²) < 4.78 is 39.6. The number of benzene rings is 4. The SMILES string of the molecule is O=C1c2ccccc2C(=O)c2cc(Br)c(Br)cc21.O=COc1ccccc1C(=O)c1ccc(Br)c(Br)c1.O=S(=O)(O)O. The Bertz CT molecular complexity index is 1750. The molecule has 9 nitrogen and oxygen atoms in total. The molecule has 2 N–H and O–H groups in total. The first-order valence-electron chi connectivity index (χ1n) is 11.3. The van der Waals surface area contributed by atoms with Crippen LogP contribution in [0, 0.1) is 0 Å². The van der Waals surface area contributed by atoms with E-state index in [1.54, 1.807) is 78.9 Å². The predicted molar refractivity (Wildman–Crippen MR) is 168 cm³/mol. The Morgan fingerprint density at radius 3 is 1.60 bits per heavy atom. The van der Waals surface area contributed by atoms with Gasteiger partial charge in [0.05, 0.1) is 5.56 Å². The van der Waals surface area contributed by atoms with Gasteiger partial charge in [0.1, 0.15) is 5.75 Å².